The summed E-state index contributed by atoms with van der Waals surface area (Å²) < 4.78 is 6.28. The molecule has 100 valence electrons. The fourth-order valence-corrected chi connectivity index (χ4v) is 4.52. The summed E-state index contributed by atoms with van der Waals surface area (Å²) in [4.78, 5) is 14.6. The maximum Gasteiger partial charge on any atom is 0.225 e. The van der Waals surface area contributed by atoms with E-state index in [1.54, 1.807) is 0 Å². The lowest BCUT2D eigenvalue weighted by molar-refractivity contribution is -0.144. The van der Waals surface area contributed by atoms with Crippen molar-refractivity contribution in [2.75, 3.05) is 6.61 Å². The molecule has 0 aromatic heterocycles. The van der Waals surface area contributed by atoms with Gasteiger partial charge >= 0.3 is 0 Å². The van der Waals surface area contributed by atoms with Crippen LogP contribution in [0.25, 0.3) is 0 Å². The standard InChI is InChI=1S/C15H23NO2/c17-13-6-9-15(10-12-4-5-12)16(13)14(11-18-15)7-2-1-3-8-14/h12H,1-11H2/t15-/m1/s1. The van der Waals surface area contributed by atoms with Crippen LogP contribution in [0.15, 0.2) is 0 Å². The number of carbonyl (C=O) groups excluding carboxylic acids is 1. The Balaban J connectivity index is 1.65. The monoisotopic (exact) mass is 249 g/mol. The lowest BCUT2D eigenvalue weighted by Gasteiger charge is -2.43. The minimum absolute atomic E-state index is 0.0841. The third-order valence-electron chi connectivity index (χ3n) is 5.56. The minimum atomic E-state index is -0.185. The molecule has 4 fully saturated rings. The zero-order valence-corrected chi connectivity index (χ0v) is 11.1. The maximum atomic E-state index is 12.4. The van der Waals surface area contributed by atoms with Gasteiger partial charge in [0.15, 0.2) is 0 Å². The Hall–Kier alpha value is -0.570. The van der Waals surface area contributed by atoms with Crippen molar-refractivity contribution in [2.24, 2.45) is 5.92 Å². The maximum absolute atomic E-state index is 12.4. The Labute approximate surface area is 109 Å². The summed E-state index contributed by atoms with van der Waals surface area (Å²) in [6.07, 6.45) is 11.7. The predicted molar refractivity (Wildman–Crippen MR) is 67.9 cm³/mol. The van der Waals surface area contributed by atoms with Crippen molar-refractivity contribution in [1.29, 1.82) is 0 Å². The Morgan fingerprint density at radius 2 is 1.94 bits per heavy atom. The van der Waals surface area contributed by atoms with Gasteiger partial charge in [-0.1, -0.05) is 32.1 Å². The molecule has 0 aromatic carbocycles. The Morgan fingerprint density at radius 3 is 2.67 bits per heavy atom. The molecule has 2 heterocycles. The van der Waals surface area contributed by atoms with Gasteiger partial charge in [-0.25, -0.2) is 0 Å². The van der Waals surface area contributed by atoms with Crippen LogP contribution in [0.4, 0.5) is 0 Å². The molecule has 3 nitrogen and oxygen atoms in total. The van der Waals surface area contributed by atoms with Crippen LogP contribution in [0.5, 0.6) is 0 Å². The van der Waals surface area contributed by atoms with E-state index in [9.17, 15) is 4.79 Å². The first-order chi connectivity index (χ1) is 8.74. The topological polar surface area (TPSA) is 29.5 Å². The molecule has 0 unspecified atom stereocenters. The zero-order valence-electron chi connectivity index (χ0n) is 11.1. The quantitative estimate of drug-likeness (QED) is 0.753. The highest BCUT2D eigenvalue weighted by molar-refractivity contribution is 5.80. The molecule has 4 rings (SSSR count). The number of fused-ring (bicyclic) bond motifs is 2. The molecular weight excluding hydrogens is 226 g/mol. The number of carbonyl (C=O) groups is 1. The lowest BCUT2D eigenvalue weighted by Crippen LogP contribution is -2.54. The zero-order chi connectivity index (χ0) is 12.2. The van der Waals surface area contributed by atoms with Crippen LogP contribution < -0.4 is 0 Å². The summed E-state index contributed by atoms with van der Waals surface area (Å²) >= 11 is 0. The van der Waals surface area contributed by atoms with Gasteiger partial charge in [0.25, 0.3) is 0 Å². The highest BCUT2D eigenvalue weighted by atomic mass is 16.5. The second kappa shape index (κ2) is 3.72. The molecule has 0 radical (unpaired) electrons. The molecule has 0 N–H and O–H groups in total. The fraction of sp³-hybridized carbons (Fsp3) is 0.933. The summed E-state index contributed by atoms with van der Waals surface area (Å²) in [7, 11) is 0. The summed E-state index contributed by atoms with van der Waals surface area (Å²) in [5.74, 6) is 1.20. The largest absolute Gasteiger partial charge is 0.353 e. The second-order valence-electron chi connectivity index (χ2n) is 6.90. The normalized spacial score (nSPS) is 38.4. The SMILES string of the molecule is O=C1CC[C@]2(CC3CC3)OCC3(CCCCC3)N12. The molecule has 0 bridgehead atoms. The third kappa shape index (κ3) is 1.49. The number of hydrogen-bond acceptors (Lipinski definition) is 2. The van der Waals surface area contributed by atoms with Gasteiger partial charge in [-0.3, -0.25) is 4.79 Å². The number of nitrogens with zero attached hydrogens (tertiary/aromatic N) is 1. The van der Waals surface area contributed by atoms with Crippen LogP contribution in [-0.4, -0.2) is 28.7 Å². The molecule has 2 aliphatic carbocycles. The molecule has 4 aliphatic rings. The van der Waals surface area contributed by atoms with Gasteiger partial charge in [0.05, 0.1) is 12.1 Å². The molecule has 1 amide bonds. The van der Waals surface area contributed by atoms with Crippen molar-refractivity contribution in [2.45, 2.75) is 75.5 Å². The highest BCUT2D eigenvalue weighted by Crippen LogP contribution is 2.54. The van der Waals surface area contributed by atoms with Crippen molar-refractivity contribution >= 4 is 5.91 Å². The van der Waals surface area contributed by atoms with Crippen LogP contribution >= 0.6 is 0 Å². The smallest absolute Gasteiger partial charge is 0.225 e. The molecule has 2 aliphatic heterocycles. The van der Waals surface area contributed by atoms with Crippen molar-refractivity contribution in [1.82, 2.24) is 4.90 Å². The molecule has 1 atom stereocenters. The van der Waals surface area contributed by atoms with E-state index >= 15 is 0 Å². The molecular formula is C15H23NO2. The van der Waals surface area contributed by atoms with Crippen LogP contribution in [-0.2, 0) is 9.53 Å². The van der Waals surface area contributed by atoms with Gasteiger partial charge in [0.2, 0.25) is 5.91 Å². The van der Waals surface area contributed by atoms with Crippen LogP contribution in [0.2, 0.25) is 0 Å². The van der Waals surface area contributed by atoms with Crippen molar-refractivity contribution in [3.05, 3.63) is 0 Å². The van der Waals surface area contributed by atoms with E-state index in [1.165, 1.54) is 44.9 Å². The van der Waals surface area contributed by atoms with E-state index in [1.807, 2.05) is 0 Å². The Bertz CT molecular complexity index is 371. The van der Waals surface area contributed by atoms with Crippen molar-refractivity contribution in [3.8, 4) is 0 Å². The molecule has 3 heteroatoms. The van der Waals surface area contributed by atoms with E-state index in [-0.39, 0.29) is 11.3 Å². The van der Waals surface area contributed by atoms with Gasteiger partial charge in [0.1, 0.15) is 5.72 Å². The summed E-state index contributed by atoms with van der Waals surface area (Å²) in [6, 6.07) is 0. The van der Waals surface area contributed by atoms with E-state index < -0.39 is 0 Å². The van der Waals surface area contributed by atoms with Crippen LogP contribution in [0.1, 0.15) is 64.2 Å². The first-order valence-corrected chi connectivity index (χ1v) is 7.71. The molecule has 2 saturated carbocycles. The Morgan fingerprint density at radius 1 is 1.17 bits per heavy atom. The van der Waals surface area contributed by atoms with Gasteiger partial charge in [-0.05, 0) is 25.2 Å². The average Bonchev–Trinajstić information content (AvgIpc) is 3.05. The lowest BCUT2D eigenvalue weighted by atomic mass is 9.81. The van der Waals surface area contributed by atoms with E-state index in [4.69, 9.17) is 4.74 Å². The molecule has 18 heavy (non-hydrogen) atoms. The number of hydrogen-bond donors (Lipinski definition) is 0. The van der Waals surface area contributed by atoms with Gasteiger partial charge < -0.3 is 9.64 Å². The molecule has 0 aromatic rings. The Kier molecular flexibility index (Phi) is 2.33. The van der Waals surface area contributed by atoms with Crippen LogP contribution in [0, 0.1) is 5.92 Å². The van der Waals surface area contributed by atoms with Gasteiger partial charge in [-0.15, -0.1) is 0 Å². The number of rotatable bonds is 2. The van der Waals surface area contributed by atoms with Gasteiger partial charge in [-0.2, -0.15) is 0 Å². The third-order valence-corrected chi connectivity index (χ3v) is 5.56. The predicted octanol–water partition coefficient (Wildman–Crippen LogP) is 2.84. The molecule has 2 saturated heterocycles. The van der Waals surface area contributed by atoms with Gasteiger partial charge in [0, 0.05) is 12.8 Å². The average molecular weight is 249 g/mol. The number of ether oxygens (including phenoxy) is 1. The summed E-state index contributed by atoms with van der Waals surface area (Å²) in [6.45, 7) is 0.811. The first-order valence-electron chi connectivity index (χ1n) is 7.71. The fourth-order valence-electron chi connectivity index (χ4n) is 4.52. The summed E-state index contributed by atoms with van der Waals surface area (Å²) in [5.41, 5.74) is -0.101. The van der Waals surface area contributed by atoms with E-state index in [2.05, 4.69) is 4.90 Å². The van der Waals surface area contributed by atoms with Crippen LogP contribution in [0.3, 0.4) is 0 Å². The second-order valence-corrected chi connectivity index (χ2v) is 6.90. The van der Waals surface area contributed by atoms with E-state index in [0.29, 0.717) is 12.3 Å². The van der Waals surface area contributed by atoms with E-state index in [0.717, 1.165) is 25.4 Å². The molecule has 1 spiro atoms. The minimum Gasteiger partial charge on any atom is -0.353 e. The van der Waals surface area contributed by atoms with Crippen molar-refractivity contribution < 1.29 is 9.53 Å². The number of amides is 1. The highest BCUT2D eigenvalue weighted by Gasteiger charge is 2.61. The summed E-state index contributed by atoms with van der Waals surface area (Å²) in [5, 5.41) is 0. The first kappa shape index (κ1) is 11.3. The van der Waals surface area contributed by atoms with Crippen molar-refractivity contribution in [3.63, 3.8) is 0 Å².